The van der Waals surface area contributed by atoms with E-state index in [4.69, 9.17) is 13.9 Å². The summed E-state index contributed by atoms with van der Waals surface area (Å²) in [7, 11) is 3.33. The SMILES string of the molecule is CCNC(c1ccc(OC)cc1OC)c1cc(C)oc1C. The molecule has 2 aromatic rings. The van der Waals surface area contributed by atoms with Gasteiger partial charge in [0.1, 0.15) is 23.0 Å². The van der Waals surface area contributed by atoms with Crippen LogP contribution in [0, 0.1) is 13.8 Å². The number of furan rings is 1. The van der Waals surface area contributed by atoms with E-state index in [1.54, 1.807) is 14.2 Å². The number of rotatable bonds is 6. The fourth-order valence-corrected chi connectivity index (χ4v) is 2.59. The summed E-state index contributed by atoms with van der Waals surface area (Å²) in [4.78, 5) is 0. The van der Waals surface area contributed by atoms with E-state index in [1.807, 2.05) is 32.0 Å². The van der Waals surface area contributed by atoms with Crippen LogP contribution >= 0.6 is 0 Å². The Balaban J connectivity index is 2.50. The molecule has 1 aromatic carbocycles. The van der Waals surface area contributed by atoms with Crippen LogP contribution in [0.4, 0.5) is 0 Å². The standard InChI is InChI=1S/C17H23NO3/c1-6-18-17(15-9-11(2)21-12(15)3)14-8-7-13(19-4)10-16(14)20-5/h7-10,17-18H,6H2,1-5H3. The number of ether oxygens (including phenoxy) is 2. The van der Waals surface area contributed by atoms with Gasteiger partial charge >= 0.3 is 0 Å². The monoisotopic (exact) mass is 289 g/mol. The van der Waals surface area contributed by atoms with Crippen molar-refractivity contribution in [2.45, 2.75) is 26.8 Å². The Labute approximate surface area is 126 Å². The summed E-state index contributed by atoms with van der Waals surface area (Å²) >= 11 is 0. The van der Waals surface area contributed by atoms with Crippen molar-refractivity contribution >= 4 is 0 Å². The summed E-state index contributed by atoms with van der Waals surface area (Å²) in [6.45, 7) is 6.89. The van der Waals surface area contributed by atoms with E-state index in [-0.39, 0.29) is 6.04 Å². The molecular formula is C17H23NO3. The molecule has 21 heavy (non-hydrogen) atoms. The van der Waals surface area contributed by atoms with Crippen molar-refractivity contribution in [1.29, 1.82) is 0 Å². The van der Waals surface area contributed by atoms with E-state index in [1.165, 1.54) is 0 Å². The Kier molecular flexibility index (Phi) is 4.91. The molecule has 1 atom stereocenters. The topological polar surface area (TPSA) is 43.6 Å². The quantitative estimate of drug-likeness (QED) is 0.882. The molecule has 0 aliphatic heterocycles. The zero-order valence-corrected chi connectivity index (χ0v) is 13.3. The fourth-order valence-electron chi connectivity index (χ4n) is 2.59. The number of hydrogen-bond acceptors (Lipinski definition) is 4. The Bertz CT molecular complexity index is 604. The van der Waals surface area contributed by atoms with Gasteiger partial charge < -0.3 is 19.2 Å². The summed E-state index contributed by atoms with van der Waals surface area (Å²) in [5.41, 5.74) is 2.21. The van der Waals surface area contributed by atoms with Gasteiger partial charge in [-0.1, -0.05) is 6.92 Å². The zero-order chi connectivity index (χ0) is 15.4. The van der Waals surface area contributed by atoms with Gasteiger partial charge in [-0.2, -0.15) is 0 Å². The van der Waals surface area contributed by atoms with Crippen molar-refractivity contribution in [1.82, 2.24) is 5.32 Å². The Hall–Kier alpha value is -1.94. The van der Waals surface area contributed by atoms with Gasteiger partial charge in [0, 0.05) is 17.2 Å². The first-order valence-electron chi connectivity index (χ1n) is 7.13. The molecule has 1 N–H and O–H groups in total. The smallest absolute Gasteiger partial charge is 0.127 e. The largest absolute Gasteiger partial charge is 0.497 e. The highest BCUT2D eigenvalue weighted by Gasteiger charge is 2.22. The minimum Gasteiger partial charge on any atom is -0.497 e. The van der Waals surface area contributed by atoms with Crippen LogP contribution < -0.4 is 14.8 Å². The predicted molar refractivity (Wildman–Crippen MR) is 83.2 cm³/mol. The van der Waals surface area contributed by atoms with E-state index in [2.05, 4.69) is 18.3 Å². The molecule has 0 aliphatic rings. The number of methoxy groups -OCH3 is 2. The van der Waals surface area contributed by atoms with E-state index < -0.39 is 0 Å². The first-order valence-corrected chi connectivity index (χ1v) is 7.13. The van der Waals surface area contributed by atoms with Gasteiger partial charge in [0.2, 0.25) is 0 Å². The molecule has 114 valence electrons. The second-order valence-corrected chi connectivity index (χ2v) is 4.97. The summed E-state index contributed by atoms with van der Waals surface area (Å²) in [6, 6.07) is 8.00. The molecule has 0 bridgehead atoms. The fraction of sp³-hybridized carbons (Fsp3) is 0.412. The van der Waals surface area contributed by atoms with Crippen LogP contribution in [-0.4, -0.2) is 20.8 Å². The summed E-state index contributed by atoms with van der Waals surface area (Å²) in [6.07, 6.45) is 0. The van der Waals surface area contributed by atoms with Crippen molar-refractivity contribution in [2.24, 2.45) is 0 Å². The average Bonchev–Trinajstić information content (AvgIpc) is 2.82. The van der Waals surface area contributed by atoms with Crippen LogP contribution in [0.2, 0.25) is 0 Å². The van der Waals surface area contributed by atoms with Gasteiger partial charge in [0.15, 0.2) is 0 Å². The van der Waals surface area contributed by atoms with E-state index in [0.29, 0.717) is 0 Å². The molecule has 4 heteroatoms. The van der Waals surface area contributed by atoms with Crippen LogP contribution in [0.25, 0.3) is 0 Å². The summed E-state index contributed by atoms with van der Waals surface area (Å²) < 4.78 is 16.5. The van der Waals surface area contributed by atoms with Gasteiger partial charge in [-0.3, -0.25) is 0 Å². The normalized spacial score (nSPS) is 12.2. The molecule has 4 nitrogen and oxygen atoms in total. The Morgan fingerprint density at radius 2 is 1.86 bits per heavy atom. The van der Waals surface area contributed by atoms with Crippen molar-refractivity contribution in [3.8, 4) is 11.5 Å². The number of benzene rings is 1. The highest BCUT2D eigenvalue weighted by molar-refractivity contribution is 5.46. The Morgan fingerprint density at radius 1 is 1.10 bits per heavy atom. The molecule has 0 amide bonds. The lowest BCUT2D eigenvalue weighted by molar-refractivity contribution is 0.387. The number of nitrogens with one attached hydrogen (secondary N) is 1. The number of hydrogen-bond donors (Lipinski definition) is 1. The third-order valence-electron chi connectivity index (χ3n) is 3.55. The van der Waals surface area contributed by atoms with Gasteiger partial charge in [0.05, 0.1) is 20.3 Å². The molecule has 1 aromatic heterocycles. The third-order valence-corrected chi connectivity index (χ3v) is 3.55. The molecule has 0 saturated heterocycles. The molecule has 2 rings (SSSR count). The predicted octanol–water partition coefficient (Wildman–Crippen LogP) is 3.61. The summed E-state index contributed by atoms with van der Waals surface area (Å²) in [5, 5.41) is 3.50. The molecule has 0 fully saturated rings. The highest BCUT2D eigenvalue weighted by Crippen LogP contribution is 2.35. The lowest BCUT2D eigenvalue weighted by atomic mass is 9.97. The minimum atomic E-state index is 0.0355. The van der Waals surface area contributed by atoms with Crippen molar-refractivity contribution < 1.29 is 13.9 Å². The summed E-state index contributed by atoms with van der Waals surface area (Å²) in [5.74, 6) is 3.43. The second-order valence-electron chi connectivity index (χ2n) is 4.97. The van der Waals surface area contributed by atoms with Crippen molar-refractivity contribution in [3.05, 3.63) is 46.9 Å². The molecule has 1 heterocycles. The lowest BCUT2D eigenvalue weighted by Crippen LogP contribution is -2.22. The number of aryl methyl sites for hydroxylation is 2. The van der Waals surface area contributed by atoms with Gasteiger partial charge in [0.25, 0.3) is 0 Å². The van der Waals surface area contributed by atoms with Crippen LogP contribution in [0.1, 0.15) is 35.6 Å². The van der Waals surface area contributed by atoms with E-state index in [0.717, 1.165) is 40.7 Å². The molecule has 1 unspecified atom stereocenters. The van der Waals surface area contributed by atoms with Crippen LogP contribution in [0.3, 0.4) is 0 Å². The van der Waals surface area contributed by atoms with E-state index in [9.17, 15) is 0 Å². The molecule has 0 aliphatic carbocycles. The van der Waals surface area contributed by atoms with Crippen LogP contribution in [0.15, 0.2) is 28.7 Å². The maximum absolute atomic E-state index is 5.68. The average molecular weight is 289 g/mol. The zero-order valence-electron chi connectivity index (χ0n) is 13.3. The Morgan fingerprint density at radius 3 is 2.38 bits per heavy atom. The molecule has 0 saturated carbocycles. The lowest BCUT2D eigenvalue weighted by Gasteiger charge is -2.21. The van der Waals surface area contributed by atoms with Gasteiger partial charge in [-0.15, -0.1) is 0 Å². The highest BCUT2D eigenvalue weighted by atomic mass is 16.5. The molecule has 0 spiro atoms. The van der Waals surface area contributed by atoms with Gasteiger partial charge in [-0.25, -0.2) is 0 Å². The first-order chi connectivity index (χ1) is 10.1. The molecular weight excluding hydrogens is 266 g/mol. The van der Waals surface area contributed by atoms with Gasteiger partial charge in [-0.05, 0) is 38.6 Å². The second kappa shape index (κ2) is 6.68. The van der Waals surface area contributed by atoms with E-state index >= 15 is 0 Å². The molecule has 0 radical (unpaired) electrons. The van der Waals surface area contributed by atoms with Crippen LogP contribution in [0.5, 0.6) is 11.5 Å². The minimum absolute atomic E-state index is 0.0355. The van der Waals surface area contributed by atoms with Crippen LogP contribution in [-0.2, 0) is 0 Å². The third kappa shape index (κ3) is 3.22. The first kappa shape index (κ1) is 15.4. The maximum Gasteiger partial charge on any atom is 0.127 e. The van der Waals surface area contributed by atoms with Crippen molar-refractivity contribution in [2.75, 3.05) is 20.8 Å². The van der Waals surface area contributed by atoms with Crippen molar-refractivity contribution in [3.63, 3.8) is 0 Å². The maximum atomic E-state index is 5.68.